The van der Waals surface area contributed by atoms with Gasteiger partial charge in [0.25, 0.3) is 0 Å². The first kappa shape index (κ1) is 15.1. The number of thiazole rings is 1. The van der Waals surface area contributed by atoms with Crippen molar-refractivity contribution in [2.75, 3.05) is 18.5 Å². The van der Waals surface area contributed by atoms with E-state index in [1.165, 1.54) is 30.2 Å². The number of hydrogen-bond acceptors (Lipinski definition) is 5. The largest absolute Gasteiger partial charge is 0.299 e. The molecule has 1 aromatic carbocycles. The molecule has 0 saturated carbocycles. The highest BCUT2D eigenvalue weighted by Gasteiger charge is 2.13. The zero-order valence-corrected chi connectivity index (χ0v) is 13.4. The molecule has 22 heavy (non-hydrogen) atoms. The first-order chi connectivity index (χ1) is 10.7. The Morgan fingerprint density at radius 2 is 2.23 bits per heavy atom. The number of hydrogen-bond donors (Lipinski definition) is 1. The van der Waals surface area contributed by atoms with E-state index in [2.05, 4.69) is 20.4 Å². The van der Waals surface area contributed by atoms with Crippen molar-refractivity contribution in [2.45, 2.75) is 26.3 Å². The molecule has 1 fully saturated rings. The van der Waals surface area contributed by atoms with Crippen LogP contribution in [0.1, 0.15) is 29.7 Å². The number of rotatable bonds is 5. The number of benzene rings is 1. The van der Waals surface area contributed by atoms with E-state index in [-0.39, 0.29) is 5.82 Å². The smallest absolute Gasteiger partial charge is 0.203 e. The molecule has 0 radical (unpaired) electrons. The van der Waals surface area contributed by atoms with Crippen molar-refractivity contribution in [3.63, 3.8) is 0 Å². The number of aryl methyl sites for hydroxylation is 1. The van der Waals surface area contributed by atoms with E-state index in [1.54, 1.807) is 18.3 Å². The Hall–Kier alpha value is -1.79. The molecule has 4 nitrogen and oxygen atoms in total. The van der Waals surface area contributed by atoms with Gasteiger partial charge in [0.2, 0.25) is 5.13 Å². The molecule has 6 heteroatoms. The number of halogens is 1. The van der Waals surface area contributed by atoms with Crippen LogP contribution in [-0.4, -0.2) is 29.2 Å². The lowest BCUT2D eigenvalue weighted by atomic mass is 10.1. The van der Waals surface area contributed by atoms with Gasteiger partial charge in [-0.05, 0) is 56.1 Å². The van der Waals surface area contributed by atoms with Crippen molar-refractivity contribution in [2.24, 2.45) is 5.10 Å². The van der Waals surface area contributed by atoms with E-state index in [0.717, 1.165) is 41.6 Å². The maximum Gasteiger partial charge on any atom is 0.203 e. The highest BCUT2D eigenvalue weighted by Crippen LogP contribution is 2.17. The standard InChI is InChI=1S/C16H19FN4S/c1-12-11-22-16(19-12)20-18-9-13-4-5-15(17)8-14(13)10-21-6-2-3-7-21/h4-5,8-9,11H,2-3,6-7,10H2,1H3,(H,19,20). The van der Waals surface area contributed by atoms with Crippen LogP contribution in [-0.2, 0) is 6.54 Å². The van der Waals surface area contributed by atoms with Crippen LogP contribution in [0.4, 0.5) is 9.52 Å². The highest BCUT2D eigenvalue weighted by molar-refractivity contribution is 7.13. The van der Waals surface area contributed by atoms with Crippen LogP contribution in [0.15, 0.2) is 28.7 Å². The molecule has 2 aromatic rings. The molecule has 0 amide bonds. The lowest BCUT2D eigenvalue weighted by molar-refractivity contribution is 0.330. The topological polar surface area (TPSA) is 40.5 Å². The van der Waals surface area contributed by atoms with E-state index in [1.807, 2.05) is 12.3 Å². The first-order valence-electron chi connectivity index (χ1n) is 7.43. The van der Waals surface area contributed by atoms with Gasteiger partial charge in [-0.15, -0.1) is 11.3 Å². The second kappa shape index (κ2) is 6.98. The summed E-state index contributed by atoms with van der Waals surface area (Å²) in [7, 11) is 0. The van der Waals surface area contributed by atoms with Crippen LogP contribution in [0, 0.1) is 12.7 Å². The highest BCUT2D eigenvalue weighted by atomic mass is 32.1. The van der Waals surface area contributed by atoms with Crippen molar-refractivity contribution in [3.8, 4) is 0 Å². The number of hydrazone groups is 1. The third-order valence-electron chi connectivity index (χ3n) is 3.68. The van der Waals surface area contributed by atoms with Crippen molar-refractivity contribution in [1.82, 2.24) is 9.88 Å². The summed E-state index contributed by atoms with van der Waals surface area (Å²) in [6, 6.07) is 4.86. The SMILES string of the molecule is Cc1csc(NN=Cc2ccc(F)cc2CN2CCCC2)n1. The van der Waals surface area contributed by atoms with E-state index in [4.69, 9.17) is 0 Å². The Labute approximate surface area is 133 Å². The molecule has 2 heterocycles. The summed E-state index contributed by atoms with van der Waals surface area (Å²) in [5.74, 6) is -0.199. The number of nitrogens with one attached hydrogen (secondary N) is 1. The average molecular weight is 318 g/mol. The summed E-state index contributed by atoms with van der Waals surface area (Å²) >= 11 is 1.51. The zero-order chi connectivity index (χ0) is 15.4. The van der Waals surface area contributed by atoms with Gasteiger partial charge in [-0.3, -0.25) is 10.3 Å². The maximum atomic E-state index is 13.5. The van der Waals surface area contributed by atoms with Crippen LogP contribution in [0.5, 0.6) is 0 Å². The predicted octanol–water partition coefficient (Wildman–Crippen LogP) is 3.63. The van der Waals surface area contributed by atoms with E-state index in [9.17, 15) is 4.39 Å². The van der Waals surface area contributed by atoms with Gasteiger partial charge in [-0.2, -0.15) is 5.10 Å². The Morgan fingerprint density at radius 1 is 1.41 bits per heavy atom. The first-order valence-corrected chi connectivity index (χ1v) is 8.31. The molecule has 1 aliphatic rings. The predicted molar refractivity (Wildman–Crippen MR) is 89.0 cm³/mol. The van der Waals surface area contributed by atoms with Gasteiger partial charge in [0.1, 0.15) is 5.82 Å². The van der Waals surface area contributed by atoms with Crippen LogP contribution in [0.25, 0.3) is 0 Å². The van der Waals surface area contributed by atoms with E-state index >= 15 is 0 Å². The Morgan fingerprint density at radius 3 is 2.95 bits per heavy atom. The number of nitrogens with zero attached hydrogens (tertiary/aromatic N) is 3. The number of anilines is 1. The molecule has 0 spiro atoms. The summed E-state index contributed by atoms with van der Waals surface area (Å²) in [6.07, 6.45) is 4.19. The third kappa shape index (κ3) is 3.90. The maximum absolute atomic E-state index is 13.5. The molecular formula is C16H19FN4S. The fourth-order valence-electron chi connectivity index (χ4n) is 2.58. The molecule has 0 atom stereocenters. The quantitative estimate of drug-likeness (QED) is 0.676. The minimum atomic E-state index is -0.199. The summed E-state index contributed by atoms with van der Waals surface area (Å²) < 4.78 is 13.5. The molecule has 0 unspecified atom stereocenters. The van der Waals surface area contributed by atoms with Crippen LogP contribution >= 0.6 is 11.3 Å². The van der Waals surface area contributed by atoms with Gasteiger partial charge in [0.15, 0.2) is 0 Å². The van der Waals surface area contributed by atoms with Gasteiger partial charge in [0, 0.05) is 11.9 Å². The van der Waals surface area contributed by atoms with E-state index < -0.39 is 0 Å². The molecule has 3 rings (SSSR count). The number of aromatic nitrogens is 1. The number of likely N-dealkylation sites (tertiary alicyclic amines) is 1. The summed E-state index contributed by atoms with van der Waals surface area (Å²) in [5, 5.41) is 6.95. The van der Waals surface area contributed by atoms with Crippen LogP contribution < -0.4 is 5.43 Å². The lowest BCUT2D eigenvalue weighted by Gasteiger charge is -2.16. The minimum Gasteiger partial charge on any atom is -0.299 e. The molecule has 116 valence electrons. The van der Waals surface area contributed by atoms with Crippen LogP contribution in [0.2, 0.25) is 0 Å². The lowest BCUT2D eigenvalue weighted by Crippen LogP contribution is -2.19. The fraction of sp³-hybridized carbons (Fsp3) is 0.375. The summed E-state index contributed by atoms with van der Waals surface area (Å²) in [4.78, 5) is 6.64. The minimum absolute atomic E-state index is 0.199. The van der Waals surface area contributed by atoms with Crippen molar-refractivity contribution >= 4 is 22.7 Å². The molecule has 1 aliphatic heterocycles. The Kier molecular flexibility index (Phi) is 4.80. The summed E-state index contributed by atoms with van der Waals surface area (Å²) in [6.45, 7) is 4.89. The van der Waals surface area contributed by atoms with Crippen molar-refractivity contribution < 1.29 is 4.39 Å². The molecule has 1 saturated heterocycles. The third-order valence-corrected chi connectivity index (χ3v) is 4.55. The van der Waals surface area contributed by atoms with Crippen LogP contribution in [0.3, 0.4) is 0 Å². The van der Waals surface area contributed by atoms with Gasteiger partial charge in [-0.1, -0.05) is 6.07 Å². The summed E-state index contributed by atoms with van der Waals surface area (Å²) in [5.41, 5.74) is 5.80. The second-order valence-electron chi connectivity index (χ2n) is 5.49. The van der Waals surface area contributed by atoms with E-state index in [0.29, 0.717) is 0 Å². The Bertz CT molecular complexity index is 662. The van der Waals surface area contributed by atoms with Gasteiger partial charge in [0.05, 0.1) is 11.9 Å². The van der Waals surface area contributed by atoms with Gasteiger partial charge in [-0.25, -0.2) is 9.37 Å². The van der Waals surface area contributed by atoms with Gasteiger partial charge < -0.3 is 0 Å². The molecule has 0 aliphatic carbocycles. The van der Waals surface area contributed by atoms with Gasteiger partial charge >= 0.3 is 0 Å². The Balaban J connectivity index is 1.71. The molecule has 0 bridgehead atoms. The average Bonchev–Trinajstić information content (AvgIpc) is 3.13. The van der Waals surface area contributed by atoms with Crippen molar-refractivity contribution in [1.29, 1.82) is 0 Å². The van der Waals surface area contributed by atoms with Crippen molar-refractivity contribution in [3.05, 3.63) is 46.2 Å². The zero-order valence-electron chi connectivity index (χ0n) is 12.6. The fourth-order valence-corrected chi connectivity index (χ4v) is 3.22. The second-order valence-corrected chi connectivity index (χ2v) is 6.35. The monoisotopic (exact) mass is 318 g/mol. The molecule has 1 aromatic heterocycles. The molecular weight excluding hydrogens is 299 g/mol. The normalized spacial score (nSPS) is 15.7. The molecule has 1 N–H and O–H groups in total.